The lowest BCUT2D eigenvalue weighted by Crippen LogP contribution is -2.35. The molecule has 2 bridgehead atoms. The number of hydrogen-bond acceptors (Lipinski definition) is 3. The normalized spacial score (nSPS) is 33.2. The highest BCUT2D eigenvalue weighted by Crippen LogP contribution is 2.44. The summed E-state index contributed by atoms with van der Waals surface area (Å²) in [5, 5.41) is 16.8. The molecule has 0 heterocycles. The Hall–Kier alpha value is -1.22. The van der Waals surface area contributed by atoms with Crippen LogP contribution >= 0.6 is 11.6 Å². The number of nitrogens with zero attached hydrogens (tertiary/aromatic N) is 1. The van der Waals surface area contributed by atoms with Crippen LogP contribution in [0.15, 0.2) is 29.4 Å². The van der Waals surface area contributed by atoms with E-state index < -0.39 is 0 Å². The first-order valence-corrected chi connectivity index (χ1v) is 6.39. The lowest BCUT2D eigenvalue weighted by atomic mass is 9.93. The molecule has 1 aromatic carbocycles. The Labute approximate surface area is 105 Å². The molecule has 90 valence electrons. The van der Waals surface area contributed by atoms with Crippen LogP contribution in [-0.4, -0.2) is 17.0 Å². The highest BCUT2D eigenvalue weighted by atomic mass is 35.5. The van der Waals surface area contributed by atoms with E-state index in [0.717, 1.165) is 29.3 Å². The number of oxime groups is 1. The fourth-order valence-electron chi connectivity index (χ4n) is 3.18. The molecule has 2 N–H and O–H groups in total. The average molecular weight is 251 g/mol. The summed E-state index contributed by atoms with van der Waals surface area (Å²) < 4.78 is 0. The minimum atomic E-state index is 0.178. The van der Waals surface area contributed by atoms with Gasteiger partial charge in [-0.1, -0.05) is 22.8 Å². The van der Waals surface area contributed by atoms with Crippen LogP contribution in [0.3, 0.4) is 0 Å². The van der Waals surface area contributed by atoms with E-state index in [1.54, 1.807) is 0 Å². The molecule has 0 aromatic heterocycles. The molecule has 3 atom stereocenters. The Morgan fingerprint density at radius 2 is 2.24 bits per heavy atom. The van der Waals surface area contributed by atoms with E-state index in [9.17, 15) is 0 Å². The fourth-order valence-corrected chi connectivity index (χ4v) is 3.37. The SMILES string of the molecule is O/N=C1/[C@H]2CC[C@H](C2)[C@H]1Nc1cccc(Cl)c1. The molecule has 4 heteroatoms. The molecule has 2 aliphatic carbocycles. The summed E-state index contributed by atoms with van der Waals surface area (Å²) in [6.45, 7) is 0. The number of hydrogen-bond donors (Lipinski definition) is 2. The van der Waals surface area contributed by atoms with Gasteiger partial charge >= 0.3 is 0 Å². The Morgan fingerprint density at radius 3 is 3.00 bits per heavy atom. The minimum absolute atomic E-state index is 0.178. The van der Waals surface area contributed by atoms with Crippen LogP contribution in [0.4, 0.5) is 5.69 Å². The minimum Gasteiger partial charge on any atom is -0.411 e. The lowest BCUT2D eigenvalue weighted by molar-refractivity contribution is 0.312. The van der Waals surface area contributed by atoms with Gasteiger partial charge < -0.3 is 10.5 Å². The van der Waals surface area contributed by atoms with Crippen molar-refractivity contribution in [2.45, 2.75) is 25.3 Å². The molecule has 0 radical (unpaired) electrons. The summed E-state index contributed by atoms with van der Waals surface area (Å²) in [6, 6.07) is 7.86. The molecule has 0 unspecified atom stereocenters. The van der Waals surface area contributed by atoms with Crippen LogP contribution in [0.5, 0.6) is 0 Å². The molecule has 0 amide bonds. The summed E-state index contributed by atoms with van der Waals surface area (Å²) in [5.74, 6) is 1.08. The van der Waals surface area contributed by atoms with Crippen molar-refractivity contribution in [3.8, 4) is 0 Å². The van der Waals surface area contributed by atoms with Crippen LogP contribution in [0.2, 0.25) is 5.02 Å². The summed E-state index contributed by atoms with van der Waals surface area (Å²) >= 11 is 5.96. The van der Waals surface area contributed by atoms with Crippen molar-refractivity contribution in [2.24, 2.45) is 17.0 Å². The maximum atomic E-state index is 9.11. The first kappa shape index (κ1) is 10.9. The first-order valence-electron chi connectivity index (χ1n) is 6.02. The molecule has 0 spiro atoms. The van der Waals surface area contributed by atoms with Crippen molar-refractivity contribution >= 4 is 23.0 Å². The summed E-state index contributed by atoms with van der Waals surface area (Å²) in [4.78, 5) is 0. The van der Waals surface area contributed by atoms with Crippen LogP contribution in [-0.2, 0) is 0 Å². The molecular weight excluding hydrogens is 236 g/mol. The molecule has 0 saturated heterocycles. The number of fused-ring (bicyclic) bond motifs is 2. The summed E-state index contributed by atoms with van der Waals surface area (Å²) in [6.07, 6.45) is 3.54. The number of nitrogens with one attached hydrogen (secondary N) is 1. The third-order valence-electron chi connectivity index (χ3n) is 3.94. The van der Waals surface area contributed by atoms with E-state index in [1.807, 2.05) is 24.3 Å². The highest BCUT2D eigenvalue weighted by molar-refractivity contribution is 6.30. The molecule has 2 aliphatic rings. The Morgan fingerprint density at radius 1 is 1.35 bits per heavy atom. The zero-order valence-electron chi connectivity index (χ0n) is 9.44. The average Bonchev–Trinajstić information content (AvgIpc) is 2.89. The quantitative estimate of drug-likeness (QED) is 0.624. The van der Waals surface area contributed by atoms with Crippen LogP contribution in [0.1, 0.15) is 19.3 Å². The van der Waals surface area contributed by atoms with E-state index in [4.69, 9.17) is 16.8 Å². The largest absolute Gasteiger partial charge is 0.411 e. The van der Waals surface area contributed by atoms with E-state index in [-0.39, 0.29) is 6.04 Å². The van der Waals surface area contributed by atoms with Crippen molar-refractivity contribution in [1.82, 2.24) is 0 Å². The van der Waals surface area contributed by atoms with Gasteiger partial charge in [-0.2, -0.15) is 0 Å². The van der Waals surface area contributed by atoms with Gasteiger partial charge in [0.2, 0.25) is 0 Å². The fraction of sp³-hybridized carbons (Fsp3) is 0.462. The van der Waals surface area contributed by atoms with Gasteiger partial charge in [0.25, 0.3) is 0 Å². The van der Waals surface area contributed by atoms with Gasteiger partial charge in [-0.15, -0.1) is 0 Å². The molecule has 3 nitrogen and oxygen atoms in total. The summed E-state index contributed by atoms with van der Waals surface area (Å²) in [5.41, 5.74) is 1.91. The van der Waals surface area contributed by atoms with Gasteiger partial charge in [0.15, 0.2) is 0 Å². The Kier molecular flexibility index (Phi) is 2.71. The number of benzene rings is 1. The third-order valence-corrected chi connectivity index (χ3v) is 4.18. The zero-order chi connectivity index (χ0) is 11.8. The van der Waals surface area contributed by atoms with Gasteiger partial charge in [0.1, 0.15) is 0 Å². The zero-order valence-corrected chi connectivity index (χ0v) is 10.2. The molecule has 1 aromatic rings. The van der Waals surface area contributed by atoms with Crippen LogP contribution in [0, 0.1) is 11.8 Å². The molecule has 2 saturated carbocycles. The second-order valence-electron chi connectivity index (χ2n) is 4.93. The van der Waals surface area contributed by atoms with Crippen molar-refractivity contribution in [2.75, 3.05) is 5.32 Å². The second-order valence-corrected chi connectivity index (χ2v) is 5.36. The van der Waals surface area contributed by atoms with Crippen molar-refractivity contribution in [1.29, 1.82) is 0 Å². The van der Waals surface area contributed by atoms with Gasteiger partial charge in [-0.05, 0) is 43.4 Å². The van der Waals surface area contributed by atoms with E-state index >= 15 is 0 Å². The van der Waals surface area contributed by atoms with E-state index in [0.29, 0.717) is 11.8 Å². The number of anilines is 1. The number of halogens is 1. The topological polar surface area (TPSA) is 44.6 Å². The summed E-state index contributed by atoms with van der Waals surface area (Å²) in [7, 11) is 0. The molecular formula is C13H15ClN2O. The van der Waals surface area contributed by atoms with E-state index in [1.165, 1.54) is 6.42 Å². The Balaban J connectivity index is 1.81. The lowest BCUT2D eigenvalue weighted by Gasteiger charge is -2.24. The van der Waals surface area contributed by atoms with Gasteiger partial charge in [-0.3, -0.25) is 0 Å². The standard InChI is InChI=1S/C13H15ClN2O/c14-10-2-1-3-11(7-10)15-12-8-4-5-9(6-8)13(12)16-17/h1-3,7-9,12,15,17H,4-6H2/b16-13-/t8-,9+,12-/m1/s1. The predicted octanol–water partition coefficient (Wildman–Crippen LogP) is 3.38. The smallest absolute Gasteiger partial charge is 0.0826 e. The van der Waals surface area contributed by atoms with E-state index in [2.05, 4.69) is 10.5 Å². The molecule has 2 fully saturated rings. The Bertz CT molecular complexity index is 460. The first-order chi connectivity index (χ1) is 8.28. The third kappa shape index (κ3) is 1.89. The maximum Gasteiger partial charge on any atom is 0.0826 e. The number of rotatable bonds is 2. The predicted molar refractivity (Wildman–Crippen MR) is 68.9 cm³/mol. The maximum absolute atomic E-state index is 9.11. The molecule has 0 aliphatic heterocycles. The second kappa shape index (κ2) is 4.22. The van der Waals surface area contributed by atoms with Crippen LogP contribution < -0.4 is 5.32 Å². The molecule has 3 rings (SSSR count). The van der Waals surface area contributed by atoms with Crippen molar-refractivity contribution < 1.29 is 5.21 Å². The van der Waals surface area contributed by atoms with Gasteiger partial charge in [-0.25, -0.2) is 0 Å². The van der Waals surface area contributed by atoms with Gasteiger partial charge in [0.05, 0.1) is 11.8 Å². The highest BCUT2D eigenvalue weighted by Gasteiger charge is 2.45. The van der Waals surface area contributed by atoms with Crippen LogP contribution in [0.25, 0.3) is 0 Å². The monoisotopic (exact) mass is 250 g/mol. The van der Waals surface area contributed by atoms with Gasteiger partial charge in [0, 0.05) is 16.6 Å². The van der Waals surface area contributed by atoms with Crippen molar-refractivity contribution in [3.63, 3.8) is 0 Å². The molecule has 17 heavy (non-hydrogen) atoms. The van der Waals surface area contributed by atoms with Crippen molar-refractivity contribution in [3.05, 3.63) is 29.3 Å².